The van der Waals surface area contributed by atoms with E-state index in [2.05, 4.69) is 26.7 Å². The van der Waals surface area contributed by atoms with Crippen molar-refractivity contribution in [2.45, 2.75) is 46.5 Å². The lowest BCUT2D eigenvalue weighted by atomic mass is 9.67. The molecule has 0 saturated carbocycles. The Hall–Kier alpha value is 0.260. The Morgan fingerprint density at radius 3 is 2.56 bits per heavy atom. The molecule has 3 atom stereocenters. The topological polar surface area (TPSA) is 0 Å². The first kappa shape index (κ1) is 14.3. The van der Waals surface area contributed by atoms with E-state index in [1.165, 1.54) is 30.8 Å². The van der Waals surface area contributed by atoms with Crippen LogP contribution in [0.4, 0.5) is 0 Å². The molecule has 0 aliphatic carbocycles. The second kappa shape index (κ2) is 6.87. The molecular formula is C14H24S2. The van der Waals surface area contributed by atoms with Crippen LogP contribution in [0.25, 0.3) is 0 Å². The number of rotatable bonds is 5. The molecule has 1 aliphatic heterocycles. The van der Waals surface area contributed by atoms with Crippen molar-refractivity contribution in [2.75, 3.05) is 11.5 Å². The standard InChI is InChI=1S/C14H24S2/c1-5-8-12-10-15-16-11-13(12)14(4,7-3)9-6-2/h1,12-13H,6-11H2,2-4H3. The molecule has 1 rings (SSSR count). The van der Waals surface area contributed by atoms with E-state index in [9.17, 15) is 0 Å². The first-order chi connectivity index (χ1) is 7.68. The molecule has 92 valence electrons. The van der Waals surface area contributed by atoms with Crippen LogP contribution < -0.4 is 0 Å². The Morgan fingerprint density at radius 1 is 1.31 bits per heavy atom. The van der Waals surface area contributed by atoms with Crippen molar-refractivity contribution in [2.24, 2.45) is 17.3 Å². The molecule has 0 aromatic carbocycles. The van der Waals surface area contributed by atoms with Gasteiger partial charge in [0.15, 0.2) is 0 Å². The summed E-state index contributed by atoms with van der Waals surface area (Å²) in [5.41, 5.74) is 0.504. The molecule has 1 saturated heterocycles. The summed E-state index contributed by atoms with van der Waals surface area (Å²) in [7, 11) is 4.06. The Bertz CT molecular complexity index is 244. The van der Waals surface area contributed by atoms with E-state index in [1.807, 2.05) is 21.6 Å². The minimum Gasteiger partial charge on any atom is -0.120 e. The summed E-state index contributed by atoms with van der Waals surface area (Å²) in [6.45, 7) is 7.12. The van der Waals surface area contributed by atoms with Gasteiger partial charge in [-0.15, -0.1) is 12.3 Å². The largest absolute Gasteiger partial charge is 0.120 e. The highest BCUT2D eigenvalue weighted by Gasteiger charge is 2.38. The van der Waals surface area contributed by atoms with Gasteiger partial charge < -0.3 is 0 Å². The summed E-state index contributed by atoms with van der Waals surface area (Å²) >= 11 is 0. The molecule has 0 aromatic rings. The van der Waals surface area contributed by atoms with Crippen LogP contribution in [0.2, 0.25) is 0 Å². The zero-order chi connectivity index (χ0) is 12.0. The molecule has 1 heterocycles. The summed E-state index contributed by atoms with van der Waals surface area (Å²) in [4.78, 5) is 0. The van der Waals surface area contributed by atoms with Gasteiger partial charge in [0.25, 0.3) is 0 Å². The third-order valence-electron chi connectivity index (χ3n) is 4.09. The van der Waals surface area contributed by atoms with Crippen molar-refractivity contribution >= 4 is 21.6 Å². The summed E-state index contributed by atoms with van der Waals surface area (Å²) < 4.78 is 0. The van der Waals surface area contributed by atoms with Gasteiger partial charge in [0.2, 0.25) is 0 Å². The number of terminal acetylenes is 1. The summed E-state index contributed by atoms with van der Waals surface area (Å²) in [5.74, 6) is 6.99. The molecule has 0 radical (unpaired) electrons. The predicted octanol–water partition coefficient (Wildman–Crippen LogP) is 4.85. The predicted molar refractivity (Wildman–Crippen MR) is 78.7 cm³/mol. The Labute approximate surface area is 109 Å². The monoisotopic (exact) mass is 256 g/mol. The maximum Gasteiger partial charge on any atom is 0.0126 e. The van der Waals surface area contributed by atoms with Gasteiger partial charge in [-0.1, -0.05) is 55.2 Å². The van der Waals surface area contributed by atoms with Crippen LogP contribution in [0.1, 0.15) is 46.5 Å². The second-order valence-electron chi connectivity index (χ2n) is 5.10. The fourth-order valence-electron chi connectivity index (χ4n) is 2.83. The number of hydrogen-bond donors (Lipinski definition) is 0. The quantitative estimate of drug-likeness (QED) is 0.509. The summed E-state index contributed by atoms with van der Waals surface area (Å²) in [6, 6.07) is 0. The summed E-state index contributed by atoms with van der Waals surface area (Å²) in [5, 5.41) is 0. The maximum absolute atomic E-state index is 5.51. The lowest BCUT2D eigenvalue weighted by Crippen LogP contribution is -2.37. The van der Waals surface area contributed by atoms with Crippen LogP contribution in [0.3, 0.4) is 0 Å². The molecule has 16 heavy (non-hydrogen) atoms. The average molecular weight is 256 g/mol. The Balaban J connectivity index is 2.75. The third-order valence-corrected chi connectivity index (χ3v) is 6.63. The highest BCUT2D eigenvalue weighted by atomic mass is 33.1. The van der Waals surface area contributed by atoms with Crippen molar-refractivity contribution in [1.82, 2.24) is 0 Å². The van der Waals surface area contributed by atoms with E-state index in [4.69, 9.17) is 6.42 Å². The van der Waals surface area contributed by atoms with Gasteiger partial charge in [-0.2, -0.15) is 0 Å². The highest BCUT2D eigenvalue weighted by Crippen LogP contribution is 2.49. The van der Waals surface area contributed by atoms with E-state index in [0.29, 0.717) is 5.41 Å². The van der Waals surface area contributed by atoms with Gasteiger partial charge >= 0.3 is 0 Å². The lowest BCUT2D eigenvalue weighted by Gasteiger charge is -2.43. The fraction of sp³-hybridized carbons (Fsp3) is 0.857. The average Bonchev–Trinajstić information content (AvgIpc) is 2.30. The molecule has 0 bridgehead atoms. The molecular weight excluding hydrogens is 232 g/mol. The van der Waals surface area contributed by atoms with E-state index in [-0.39, 0.29) is 0 Å². The third kappa shape index (κ3) is 3.37. The molecule has 0 spiro atoms. The van der Waals surface area contributed by atoms with Crippen LogP contribution in [0.15, 0.2) is 0 Å². The number of hydrogen-bond acceptors (Lipinski definition) is 2. The van der Waals surface area contributed by atoms with E-state index in [0.717, 1.165) is 18.3 Å². The smallest absolute Gasteiger partial charge is 0.0126 e. The van der Waals surface area contributed by atoms with Crippen LogP contribution in [0, 0.1) is 29.6 Å². The first-order valence-corrected chi connectivity index (χ1v) is 8.84. The molecule has 2 heteroatoms. The summed E-state index contributed by atoms with van der Waals surface area (Å²) in [6.07, 6.45) is 10.4. The molecule has 1 fully saturated rings. The minimum absolute atomic E-state index is 0.504. The lowest BCUT2D eigenvalue weighted by molar-refractivity contribution is 0.130. The molecule has 1 aliphatic rings. The molecule has 3 unspecified atom stereocenters. The van der Waals surface area contributed by atoms with Crippen LogP contribution in [-0.2, 0) is 0 Å². The minimum atomic E-state index is 0.504. The molecule has 0 nitrogen and oxygen atoms in total. The Morgan fingerprint density at radius 2 is 2.00 bits per heavy atom. The fourth-order valence-corrected chi connectivity index (χ4v) is 5.91. The van der Waals surface area contributed by atoms with Gasteiger partial charge in [0.05, 0.1) is 0 Å². The van der Waals surface area contributed by atoms with Gasteiger partial charge in [0, 0.05) is 17.9 Å². The first-order valence-electron chi connectivity index (χ1n) is 6.35. The second-order valence-corrected chi connectivity index (χ2v) is 7.65. The zero-order valence-electron chi connectivity index (χ0n) is 10.8. The molecule has 0 N–H and O–H groups in total. The highest BCUT2D eigenvalue weighted by molar-refractivity contribution is 8.76. The van der Waals surface area contributed by atoms with Crippen molar-refractivity contribution in [3.05, 3.63) is 0 Å². The van der Waals surface area contributed by atoms with E-state index >= 15 is 0 Å². The van der Waals surface area contributed by atoms with Crippen LogP contribution in [0.5, 0.6) is 0 Å². The SMILES string of the molecule is C#CCC1CSSCC1C(C)(CC)CCC. The normalized spacial score (nSPS) is 29.4. The molecule has 0 amide bonds. The van der Waals surface area contributed by atoms with E-state index < -0.39 is 0 Å². The van der Waals surface area contributed by atoms with Gasteiger partial charge in [-0.25, -0.2) is 0 Å². The van der Waals surface area contributed by atoms with E-state index in [1.54, 1.807) is 0 Å². The van der Waals surface area contributed by atoms with Crippen molar-refractivity contribution < 1.29 is 0 Å². The van der Waals surface area contributed by atoms with Gasteiger partial charge in [-0.3, -0.25) is 0 Å². The van der Waals surface area contributed by atoms with Crippen molar-refractivity contribution in [3.8, 4) is 12.3 Å². The zero-order valence-corrected chi connectivity index (χ0v) is 12.4. The molecule has 0 aromatic heterocycles. The van der Waals surface area contributed by atoms with Crippen molar-refractivity contribution in [1.29, 1.82) is 0 Å². The van der Waals surface area contributed by atoms with Gasteiger partial charge in [0.1, 0.15) is 0 Å². The van der Waals surface area contributed by atoms with Crippen molar-refractivity contribution in [3.63, 3.8) is 0 Å². The Kier molecular flexibility index (Phi) is 6.15. The maximum atomic E-state index is 5.51. The van der Waals surface area contributed by atoms with Gasteiger partial charge in [-0.05, 0) is 23.7 Å². The van der Waals surface area contributed by atoms with Crippen LogP contribution in [-0.4, -0.2) is 11.5 Å². The van der Waals surface area contributed by atoms with Crippen LogP contribution >= 0.6 is 21.6 Å².